The fourth-order valence-electron chi connectivity index (χ4n) is 2.43. The van der Waals surface area contributed by atoms with Gasteiger partial charge in [-0.3, -0.25) is 0 Å². The van der Waals surface area contributed by atoms with Crippen molar-refractivity contribution in [1.82, 2.24) is 4.57 Å². The summed E-state index contributed by atoms with van der Waals surface area (Å²) in [5.74, 6) is 1.22. The van der Waals surface area contributed by atoms with Crippen molar-refractivity contribution >= 4 is 5.82 Å². The zero-order valence-corrected chi connectivity index (χ0v) is 12.2. The first-order chi connectivity index (χ1) is 10.7. The van der Waals surface area contributed by atoms with Crippen molar-refractivity contribution in [1.29, 1.82) is 5.26 Å². The molecule has 4 nitrogen and oxygen atoms in total. The molecular formula is C18H15N3O. The quantitative estimate of drug-likeness (QED) is 0.801. The van der Waals surface area contributed by atoms with E-state index in [1.54, 1.807) is 7.11 Å². The van der Waals surface area contributed by atoms with Gasteiger partial charge < -0.3 is 15.0 Å². The first kappa shape index (κ1) is 13.8. The average molecular weight is 289 g/mol. The molecular weight excluding hydrogens is 274 g/mol. The van der Waals surface area contributed by atoms with Gasteiger partial charge in [0, 0.05) is 17.4 Å². The molecule has 0 amide bonds. The minimum absolute atomic E-state index is 0.444. The van der Waals surface area contributed by atoms with Gasteiger partial charge in [0.05, 0.1) is 7.11 Å². The molecule has 1 heterocycles. The molecule has 4 heteroatoms. The summed E-state index contributed by atoms with van der Waals surface area (Å²) in [5.41, 5.74) is 9.30. The second-order valence-electron chi connectivity index (χ2n) is 4.85. The maximum absolute atomic E-state index is 9.45. The average Bonchev–Trinajstić information content (AvgIpc) is 2.92. The van der Waals surface area contributed by atoms with E-state index in [1.807, 2.05) is 65.4 Å². The number of para-hydroxylation sites is 1. The SMILES string of the molecule is COc1ccc(-c2cn(-c3ccccc3)c(N)c2C#N)cc1. The van der Waals surface area contributed by atoms with Gasteiger partial charge in [-0.1, -0.05) is 30.3 Å². The van der Waals surface area contributed by atoms with Crippen molar-refractivity contribution in [3.63, 3.8) is 0 Å². The van der Waals surface area contributed by atoms with Gasteiger partial charge in [0.25, 0.3) is 0 Å². The number of benzene rings is 2. The Balaban J connectivity index is 2.14. The molecule has 108 valence electrons. The van der Waals surface area contributed by atoms with Crippen LogP contribution in [0.4, 0.5) is 5.82 Å². The molecule has 0 spiro atoms. The zero-order valence-electron chi connectivity index (χ0n) is 12.2. The minimum Gasteiger partial charge on any atom is -0.497 e. The standard InChI is InChI=1S/C18H15N3O/c1-22-15-9-7-13(8-10-15)17-12-21(18(20)16(17)11-19)14-5-3-2-4-6-14/h2-10,12H,20H2,1H3. The molecule has 0 aliphatic carbocycles. The normalized spacial score (nSPS) is 10.2. The highest BCUT2D eigenvalue weighted by Crippen LogP contribution is 2.32. The first-order valence-corrected chi connectivity index (χ1v) is 6.85. The number of rotatable bonds is 3. The van der Waals surface area contributed by atoms with E-state index in [0.29, 0.717) is 11.4 Å². The van der Waals surface area contributed by atoms with Gasteiger partial charge in [0.15, 0.2) is 0 Å². The van der Waals surface area contributed by atoms with Crippen LogP contribution in [0.2, 0.25) is 0 Å². The highest BCUT2D eigenvalue weighted by atomic mass is 16.5. The molecule has 1 aromatic heterocycles. The van der Waals surface area contributed by atoms with Crippen molar-refractivity contribution in [3.05, 3.63) is 66.4 Å². The van der Waals surface area contributed by atoms with Gasteiger partial charge in [-0.25, -0.2) is 0 Å². The summed E-state index contributed by atoms with van der Waals surface area (Å²) in [4.78, 5) is 0. The number of ether oxygens (including phenoxy) is 1. The molecule has 3 rings (SSSR count). The third-order valence-corrected chi connectivity index (χ3v) is 3.59. The van der Waals surface area contributed by atoms with Gasteiger partial charge in [-0.05, 0) is 29.8 Å². The Morgan fingerprint density at radius 3 is 2.32 bits per heavy atom. The number of nitrogens with two attached hydrogens (primary N) is 1. The van der Waals surface area contributed by atoms with E-state index in [2.05, 4.69) is 6.07 Å². The molecule has 22 heavy (non-hydrogen) atoms. The fraction of sp³-hybridized carbons (Fsp3) is 0.0556. The van der Waals surface area contributed by atoms with Crippen LogP contribution in [-0.4, -0.2) is 11.7 Å². The lowest BCUT2D eigenvalue weighted by Gasteiger charge is -2.04. The van der Waals surface area contributed by atoms with E-state index in [0.717, 1.165) is 22.6 Å². The molecule has 0 saturated carbocycles. The van der Waals surface area contributed by atoms with Crippen LogP contribution in [0.1, 0.15) is 5.56 Å². The Hall–Kier alpha value is -3.19. The highest BCUT2D eigenvalue weighted by molar-refractivity contribution is 5.78. The van der Waals surface area contributed by atoms with Crippen molar-refractivity contribution < 1.29 is 4.74 Å². The predicted octanol–water partition coefficient (Wildman–Crippen LogP) is 3.61. The lowest BCUT2D eigenvalue weighted by molar-refractivity contribution is 0.415. The maximum Gasteiger partial charge on any atom is 0.126 e. The van der Waals surface area contributed by atoms with E-state index in [-0.39, 0.29) is 0 Å². The predicted molar refractivity (Wildman–Crippen MR) is 86.9 cm³/mol. The molecule has 0 aliphatic heterocycles. The van der Waals surface area contributed by atoms with E-state index >= 15 is 0 Å². The highest BCUT2D eigenvalue weighted by Gasteiger charge is 2.15. The van der Waals surface area contributed by atoms with Crippen LogP contribution < -0.4 is 10.5 Å². The summed E-state index contributed by atoms with van der Waals surface area (Å²) >= 11 is 0. The Morgan fingerprint density at radius 2 is 1.73 bits per heavy atom. The number of aromatic nitrogens is 1. The van der Waals surface area contributed by atoms with Crippen LogP contribution in [0, 0.1) is 11.3 Å². The molecule has 0 unspecified atom stereocenters. The summed E-state index contributed by atoms with van der Waals surface area (Å²) < 4.78 is 7.00. The topological polar surface area (TPSA) is 64.0 Å². The Bertz CT molecular complexity index is 827. The zero-order chi connectivity index (χ0) is 15.5. The monoisotopic (exact) mass is 289 g/mol. The molecule has 0 bridgehead atoms. The van der Waals surface area contributed by atoms with Crippen LogP contribution >= 0.6 is 0 Å². The minimum atomic E-state index is 0.444. The van der Waals surface area contributed by atoms with E-state index in [9.17, 15) is 5.26 Å². The summed E-state index contributed by atoms with van der Waals surface area (Å²) in [6.45, 7) is 0. The Morgan fingerprint density at radius 1 is 1.05 bits per heavy atom. The molecule has 0 aliphatic rings. The maximum atomic E-state index is 9.45. The number of anilines is 1. The summed E-state index contributed by atoms with van der Waals surface area (Å²) in [6.07, 6.45) is 1.89. The molecule has 2 aromatic carbocycles. The van der Waals surface area contributed by atoms with E-state index in [1.165, 1.54) is 0 Å². The van der Waals surface area contributed by atoms with Crippen LogP contribution in [0.15, 0.2) is 60.8 Å². The largest absolute Gasteiger partial charge is 0.497 e. The van der Waals surface area contributed by atoms with Gasteiger partial charge in [-0.2, -0.15) is 5.26 Å². The summed E-state index contributed by atoms with van der Waals surface area (Å²) in [7, 11) is 1.62. The van der Waals surface area contributed by atoms with Crippen LogP contribution in [0.5, 0.6) is 5.75 Å². The third-order valence-electron chi connectivity index (χ3n) is 3.59. The third kappa shape index (κ3) is 2.29. The number of hydrogen-bond acceptors (Lipinski definition) is 3. The number of methoxy groups -OCH3 is 1. The van der Waals surface area contributed by atoms with Crippen LogP contribution in [0.25, 0.3) is 16.8 Å². The molecule has 0 radical (unpaired) electrons. The summed E-state index contributed by atoms with van der Waals surface area (Å²) in [6, 6.07) is 19.5. The van der Waals surface area contributed by atoms with Crippen molar-refractivity contribution in [2.24, 2.45) is 0 Å². The van der Waals surface area contributed by atoms with Gasteiger partial charge in [0.2, 0.25) is 0 Å². The Kier molecular flexibility index (Phi) is 3.55. The second-order valence-corrected chi connectivity index (χ2v) is 4.85. The smallest absolute Gasteiger partial charge is 0.126 e. The van der Waals surface area contributed by atoms with Crippen LogP contribution in [0.3, 0.4) is 0 Å². The number of nitriles is 1. The van der Waals surface area contributed by atoms with Crippen molar-refractivity contribution in [2.75, 3.05) is 12.8 Å². The van der Waals surface area contributed by atoms with Crippen molar-refractivity contribution in [2.45, 2.75) is 0 Å². The van der Waals surface area contributed by atoms with Crippen molar-refractivity contribution in [3.8, 4) is 28.6 Å². The second kappa shape index (κ2) is 5.66. The van der Waals surface area contributed by atoms with E-state index < -0.39 is 0 Å². The molecule has 0 saturated heterocycles. The van der Waals surface area contributed by atoms with Crippen LogP contribution in [-0.2, 0) is 0 Å². The summed E-state index contributed by atoms with van der Waals surface area (Å²) in [5, 5.41) is 9.45. The number of nitrogens with zero attached hydrogens (tertiary/aromatic N) is 2. The molecule has 2 N–H and O–H groups in total. The molecule has 0 atom stereocenters. The van der Waals surface area contributed by atoms with Gasteiger partial charge >= 0.3 is 0 Å². The van der Waals surface area contributed by atoms with Gasteiger partial charge in [0.1, 0.15) is 23.2 Å². The molecule has 0 fully saturated rings. The lowest BCUT2D eigenvalue weighted by Crippen LogP contribution is -1.99. The first-order valence-electron chi connectivity index (χ1n) is 6.85. The van der Waals surface area contributed by atoms with E-state index in [4.69, 9.17) is 10.5 Å². The lowest BCUT2D eigenvalue weighted by atomic mass is 10.0. The molecule has 3 aromatic rings. The fourth-order valence-corrected chi connectivity index (χ4v) is 2.43. The Labute approximate surface area is 129 Å². The number of hydrogen-bond donors (Lipinski definition) is 1. The van der Waals surface area contributed by atoms with Gasteiger partial charge in [-0.15, -0.1) is 0 Å². The number of nitrogen functional groups attached to an aromatic ring is 1.